The molecule has 150 valence electrons. The Morgan fingerprint density at radius 1 is 1.32 bits per heavy atom. The molecule has 2 saturated heterocycles. The van der Waals surface area contributed by atoms with Crippen molar-refractivity contribution in [3.05, 3.63) is 24.0 Å². The van der Waals surface area contributed by atoms with Crippen molar-refractivity contribution in [2.45, 2.75) is 37.9 Å². The lowest BCUT2D eigenvalue weighted by Crippen LogP contribution is -2.57. The summed E-state index contributed by atoms with van der Waals surface area (Å²) < 4.78 is 1.60. The fraction of sp³-hybridized carbons (Fsp3) is 0.706. The molecule has 2 atom stereocenters. The summed E-state index contributed by atoms with van der Waals surface area (Å²) in [5.41, 5.74) is 8.57. The Bertz CT molecular complexity index is 825. The Hall–Kier alpha value is -2.37. The number of fused-ring (bicyclic) bond motifs is 2. The van der Waals surface area contributed by atoms with Gasteiger partial charge in [0.1, 0.15) is 12.5 Å². The first-order valence-corrected chi connectivity index (χ1v) is 10.0. The van der Waals surface area contributed by atoms with Crippen molar-refractivity contribution < 1.29 is 4.79 Å². The lowest BCUT2D eigenvalue weighted by atomic mass is 9.78. The van der Waals surface area contributed by atoms with Gasteiger partial charge in [-0.15, -0.1) is 5.10 Å². The zero-order valence-electron chi connectivity index (χ0n) is 16.0. The number of tetrazole rings is 1. The number of likely N-dealkylation sites (tertiary alicyclic amines) is 1. The highest BCUT2D eigenvalue weighted by Gasteiger charge is 2.48. The summed E-state index contributed by atoms with van der Waals surface area (Å²) in [5.74, 6) is -0.0823. The Morgan fingerprint density at radius 2 is 2.18 bits per heavy atom. The quantitative estimate of drug-likeness (QED) is 0.615. The number of amides is 1. The molecule has 0 bridgehead atoms. The first-order chi connectivity index (χ1) is 13.7. The highest BCUT2D eigenvalue weighted by molar-refractivity contribution is 5.80. The highest BCUT2D eigenvalue weighted by Crippen LogP contribution is 2.42. The van der Waals surface area contributed by atoms with E-state index in [0.29, 0.717) is 6.54 Å². The maximum absolute atomic E-state index is 13.3. The molecule has 0 saturated carbocycles. The SMILES string of the molecule is CCN1CCc2[nH]cnc2C12CCN(C(=O)C1CNNC1n1cnnn1)CC2. The standard InChI is InChI=1S/C17H26N10O/c1-2-26-6-3-13-14(19-10-18-13)17(26)4-7-25(8-5-17)16(28)12-9-20-22-15(12)27-11-21-23-24-27/h10-12,15,20,22H,2-9H2,1H3,(H,18,19). The van der Waals surface area contributed by atoms with Crippen molar-refractivity contribution in [3.63, 3.8) is 0 Å². The third-order valence-corrected chi connectivity index (χ3v) is 6.60. The van der Waals surface area contributed by atoms with Gasteiger partial charge in [0.25, 0.3) is 0 Å². The Kier molecular flexibility index (Phi) is 4.37. The van der Waals surface area contributed by atoms with E-state index in [1.807, 2.05) is 11.2 Å². The van der Waals surface area contributed by atoms with E-state index < -0.39 is 0 Å². The summed E-state index contributed by atoms with van der Waals surface area (Å²) >= 11 is 0. The van der Waals surface area contributed by atoms with E-state index in [0.717, 1.165) is 45.4 Å². The normalized spacial score (nSPS) is 27.2. The molecular weight excluding hydrogens is 360 g/mol. The first-order valence-electron chi connectivity index (χ1n) is 10.0. The molecule has 1 amide bonds. The van der Waals surface area contributed by atoms with Gasteiger partial charge in [0.05, 0.1) is 23.5 Å². The molecule has 3 N–H and O–H groups in total. The Labute approximate surface area is 162 Å². The minimum absolute atomic E-state index is 0.0550. The summed E-state index contributed by atoms with van der Waals surface area (Å²) in [6, 6.07) is 0. The second-order valence-electron chi connectivity index (χ2n) is 7.78. The molecule has 5 heterocycles. The van der Waals surface area contributed by atoms with Gasteiger partial charge in [0.15, 0.2) is 0 Å². The van der Waals surface area contributed by atoms with Gasteiger partial charge in [-0.1, -0.05) is 6.92 Å². The summed E-state index contributed by atoms with van der Waals surface area (Å²) in [5, 5.41) is 11.3. The molecule has 3 aliphatic rings. The Balaban J connectivity index is 1.33. The molecule has 28 heavy (non-hydrogen) atoms. The molecule has 11 heteroatoms. The molecule has 2 unspecified atom stereocenters. The van der Waals surface area contributed by atoms with Gasteiger partial charge >= 0.3 is 0 Å². The fourth-order valence-corrected chi connectivity index (χ4v) is 5.12. The molecule has 3 aliphatic heterocycles. The molecule has 0 aromatic carbocycles. The number of aromatic amines is 1. The van der Waals surface area contributed by atoms with Gasteiger partial charge in [-0.3, -0.25) is 15.1 Å². The van der Waals surface area contributed by atoms with Crippen molar-refractivity contribution in [2.75, 3.05) is 32.7 Å². The van der Waals surface area contributed by atoms with Crippen LogP contribution in [0, 0.1) is 5.92 Å². The van der Waals surface area contributed by atoms with Crippen LogP contribution < -0.4 is 10.9 Å². The number of imidazole rings is 1. The van der Waals surface area contributed by atoms with Crippen LogP contribution in [0.3, 0.4) is 0 Å². The number of carbonyl (C=O) groups is 1. The van der Waals surface area contributed by atoms with E-state index in [9.17, 15) is 4.79 Å². The number of hydrogen-bond acceptors (Lipinski definition) is 8. The van der Waals surface area contributed by atoms with Gasteiger partial charge in [-0.2, -0.15) is 0 Å². The van der Waals surface area contributed by atoms with Gasteiger partial charge in [-0.25, -0.2) is 15.1 Å². The number of piperidine rings is 1. The predicted molar refractivity (Wildman–Crippen MR) is 98.5 cm³/mol. The van der Waals surface area contributed by atoms with Crippen LogP contribution in [0.2, 0.25) is 0 Å². The van der Waals surface area contributed by atoms with Crippen LogP contribution in [0.25, 0.3) is 0 Å². The summed E-state index contributed by atoms with van der Waals surface area (Å²) in [7, 11) is 0. The number of nitrogens with zero attached hydrogens (tertiary/aromatic N) is 7. The number of rotatable bonds is 3. The van der Waals surface area contributed by atoms with Crippen molar-refractivity contribution in [1.29, 1.82) is 0 Å². The number of likely N-dealkylation sites (N-methyl/N-ethyl adjacent to an activating group) is 1. The second-order valence-corrected chi connectivity index (χ2v) is 7.78. The molecule has 2 aromatic heterocycles. The zero-order chi connectivity index (χ0) is 19.1. The van der Waals surface area contributed by atoms with E-state index in [-0.39, 0.29) is 23.5 Å². The fourth-order valence-electron chi connectivity index (χ4n) is 5.12. The summed E-state index contributed by atoms with van der Waals surface area (Å²) in [6.45, 7) is 6.29. The first kappa shape index (κ1) is 17.7. The van der Waals surface area contributed by atoms with E-state index in [2.05, 4.69) is 48.2 Å². The minimum atomic E-state index is -0.266. The molecule has 1 spiro atoms. The average molecular weight is 386 g/mol. The minimum Gasteiger partial charge on any atom is -0.348 e. The molecule has 2 fully saturated rings. The molecule has 0 aliphatic carbocycles. The van der Waals surface area contributed by atoms with Crippen LogP contribution in [-0.2, 0) is 16.8 Å². The van der Waals surface area contributed by atoms with Crippen LogP contribution in [0.15, 0.2) is 12.7 Å². The number of hydrogen-bond donors (Lipinski definition) is 3. The van der Waals surface area contributed by atoms with Crippen LogP contribution in [0.5, 0.6) is 0 Å². The van der Waals surface area contributed by atoms with Crippen LogP contribution in [0.4, 0.5) is 0 Å². The van der Waals surface area contributed by atoms with Crippen molar-refractivity contribution >= 4 is 5.91 Å². The van der Waals surface area contributed by atoms with E-state index in [4.69, 9.17) is 0 Å². The lowest BCUT2D eigenvalue weighted by Gasteiger charge is -2.50. The summed E-state index contributed by atoms with van der Waals surface area (Å²) in [6.07, 6.45) is 5.92. The number of aromatic nitrogens is 6. The van der Waals surface area contributed by atoms with Crippen LogP contribution in [-0.4, -0.2) is 78.6 Å². The highest BCUT2D eigenvalue weighted by atomic mass is 16.2. The van der Waals surface area contributed by atoms with Crippen molar-refractivity contribution in [2.24, 2.45) is 5.92 Å². The predicted octanol–water partition coefficient (Wildman–Crippen LogP) is -0.985. The van der Waals surface area contributed by atoms with Crippen LogP contribution in [0.1, 0.15) is 37.3 Å². The van der Waals surface area contributed by atoms with Crippen molar-refractivity contribution in [3.8, 4) is 0 Å². The third kappa shape index (κ3) is 2.65. The topological polar surface area (TPSA) is 120 Å². The van der Waals surface area contributed by atoms with Crippen LogP contribution >= 0.6 is 0 Å². The third-order valence-electron chi connectivity index (χ3n) is 6.60. The molecule has 2 aromatic rings. The van der Waals surface area contributed by atoms with Gasteiger partial charge < -0.3 is 9.88 Å². The average Bonchev–Trinajstić information content (AvgIpc) is 3.49. The number of nitrogens with one attached hydrogen (secondary N) is 3. The number of carbonyl (C=O) groups excluding carboxylic acids is 1. The number of hydrazine groups is 1. The monoisotopic (exact) mass is 386 g/mol. The van der Waals surface area contributed by atoms with E-state index >= 15 is 0 Å². The van der Waals surface area contributed by atoms with Gasteiger partial charge in [0, 0.05) is 38.3 Å². The second kappa shape index (κ2) is 6.90. The van der Waals surface area contributed by atoms with Crippen molar-refractivity contribution in [1.82, 2.24) is 50.8 Å². The van der Waals surface area contributed by atoms with Gasteiger partial charge in [0.2, 0.25) is 5.91 Å². The maximum atomic E-state index is 13.3. The molecule has 11 nitrogen and oxygen atoms in total. The maximum Gasteiger partial charge on any atom is 0.230 e. The zero-order valence-corrected chi connectivity index (χ0v) is 16.0. The smallest absolute Gasteiger partial charge is 0.230 e. The molecule has 5 rings (SSSR count). The van der Waals surface area contributed by atoms with E-state index in [1.54, 1.807) is 4.68 Å². The van der Waals surface area contributed by atoms with E-state index in [1.165, 1.54) is 17.7 Å². The van der Waals surface area contributed by atoms with Gasteiger partial charge in [-0.05, 0) is 29.8 Å². The number of H-pyrrole nitrogens is 1. The lowest BCUT2D eigenvalue weighted by molar-refractivity contribution is -0.139. The molecular formula is C17H26N10O. The largest absolute Gasteiger partial charge is 0.348 e. The summed E-state index contributed by atoms with van der Waals surface area (Å²) in [4.78, 5) is 25.8. The Morgan fingerprint density at radius 3 is 2.93 bits per heavy atom. The molecule has 0 radical (unpaired) electrons.